The van der Waals surface area contributed by atoms with Crippen LogP contribution >= 0.6 is 0 Å². The van der Waals surface area contributed by atoms with Gasteiger partial charge in [0, 0.05) is 25.3 Å². The second kappa shape index (κ2) is 7.16. The van der Waals surface area contributed by atoms with E-state index < -0.39 is 0 Å². The molecule has 0 aliphatic heterocycles. The average Bonchev–Trinajstić information content (AvgIpc) is 2.32. The molecule has 0 atom stereocenters. The maximum Gasteiger partial charge on any atom is 0.158 e. The van der Waals surface area contributed by atoms with Crippen molar-refractivity contribution in [2.45, 2.75) is 46.8 Å². The third kappa shape index (κ3) is 4.14. The van der Waals surface area contributed by atoms with Gasteiger partial charge in [-0.1, -0.05) is 6.92 Å². The minimum Gasteiger partial charge on any atom is -0.384 e. The molecule has 1 aromatic rings. The Morgan fingerprint density at radius 1 is 1.33 bits per heavy atom. The van der Waals surface area contributed by atoms with E-state index in [9.17, 15) is 0 Å². The average molecular weight is 252 g/mol. The third-order valence-corrected chi connectivity index (χ3v) is 2.60. The van der Waals surface area contributed by atoms with E-state index in [0.717, 1.165) is 18.8 Å². The second-order valence-electron chi connectivity index (χ2n) is 4.49. The summed E-state index contributed by atoms with van der Waals surface area (Å²) in [6.07, 6.45) is 1.07. The summed E-state index contributed by atoms with van der Waals surface area (Å²) in [5.41, 5.74) is 5.83. The van der Waals surface area contributed by atoms with Gasteiger partial charge in [0.1, 0.15) is 18.2 Å². The molecule has 0 aromatic carbocycles. The van der Waals surface area contributed by atoms with Crippen LogP contribution in [-0.2, 0) is 11.3 Å². The van der Waals surface area contributed by atoms with Crippen LogP contribution in [0.1, 0.15) is 39.9 Å². The smallest absolute Gasteiger partial charge is 0.158 e. The molecule has 18 heavy (non-hydrogen) atoms. The maximum absolute atomic E-state index is 5.83. The monoisotopic (exact) mass is 252 g/mol. The molecule has 0 saturated carbocycles. The van der Waals surface area contributed by atoms with Gasteiger partial charge in [-0.25, -0.2) is 9.97 Å². The quantitative estimate of drug-likeness (QED) is 0.806. The van der Waals surface area contributed by atoms with Crippen molar-refractivity contribution >= 4 is 11.6 Å². The van der Waals surface area contributed by atoms with Crippen LogP contribution in [0.5, 0.6) is 0 Å². The summed E-state index contributed by atoms with van der Waals surface area (Å²) in [5.74, 6) is 2.03. The number of rotatable bonds is 7. The Morgan fingerprint density at radius 2 is 2.06 bits per heavy atom. The molecule has 1 heterocycles. The lowest BCUT2D eigenvalue weighted by Crippen LogP contribution is -2.32. The molecule has 1 rings (SSSR count). The van der Waals surface area contributed by atoms with Crippen molar-refractivity contribution in [1.29, 1.82) is 0 Å². The molecule has 0 aliphatic rings. The summed E-state index contributed by atoms with van der Waals surface area (Å²) in [6.45, 7) is 10.4. The molecule has 5 nitrogen and oxygen atoms in total. The molecule has 0 radical (unpaired) electrons. The van der Waals surface area contributed by atoms with E-state index in [1.165, 1.54) is 0 Å². The minimum atomic E-state index is 0.388. The Balaban J connectivity index is 2.95. The molecule has 2 N–H and O–H groups in total. The van der Waals surface area contributed by atoms with Crippen LogP contribution in [0.15, 0.2) is 6.07 Å². The lowest BCUT2D eigenvalue weighted by atomic mass is 10.3. The Labute approximate surface area is 109 Å². The molecule has 1 aromatic heterocycles. The van der Waals surface area contributed by atoms with Crippen LogP contribution in [0.25, 0.3) is 0 Å². The molecule has 102 valence electrons. The fourth-order valence-corrected chi connectivity index (χ4v) is 1.79. The van der Waals surface area contributed by atoms with Crippen molar-refractivity contribution in [2.24, 2.45) is 0 Å². The fourth-order valence-electron chi connectivity index (χ4n) is 1.79. The van der Waals surface area contributed by atoms with Crippen molar-refractivity contribution in [3.05, 3.63) is 11.9 Å². The summed E-state index contributed by atoms with van der Waals surface area (Å²) >= 11 is 0. The zero-order valence-corrected chi connectivity index (χ0v) is 11.8. The summed E-state index contributed by atoms with van der Waals surface area (Å²) in [7, 11) is 0. The van der Waals surface area contributed by atoms with Crippen LogP contribution in [-0.4, -0.2) is 29.2 Å². The normalized spacial score (nSPS) is 10.9. The molecule has 0 aliphatic carbocycles. The Morgan fingerprint density at radius 3 is 2.61 bits per heavy atom. The fraction of sp³-hybridized carbons (Fsp3) is 0.692. The van der Waals surface area contributed by atoms with Crippen LogP contribution in [0.4, 0.5) is 11.6 Å². The van der Waals surface area contributed by atoms with E-state index in [4.69, 9.17) is 10.5 Å². The summed E-state index contributed by atoms with van der Waals surface area (Å²) < 4.78 is 5.33. The second-order valence-corrected chi connectivity index (χ2v) is 4.49. The van der Waals surface area contributed by atoms with Crippen LogP contribution < -0.4 is 10.6 Å². The Bertz CT molecular complexity index is 368. The molecular formula is C13H24N4O. The number of nitrogens with two attached hydrogens (primary N) is 1. The molecule has 5 heteroatoms. The highest BCUT2D eigenvalue weighted by Crippen LogP contribution is 2.17. The number of anilines is 2. The van der Waals surface area contributed by atoms with Gasteiger partial charge in [-0.05, 0) is 27.2 Å². The molecule has 0 unspecified atom stereocenters. The molecule has 0 spiro atoms. The Kier molecular flexibility index (Phi) is 5.85. The largest absolute Gasteiger partial charge is 0.384 e. The first-order chi connectivity index (χ1) is 8.58. The first kappa shape index (κ1) is 14.7. The van der Waals surface area contributed by atoms with Gasteiger partial charge >= 0.3 is 0 Å². The van der Waals surface area contributed by atoms with E-state index in [1.807, 2.05) is 13.0 Å². The van der Waals surface area contributed by atoms with E-state index in [0.29, 0.717) is 30.9 Å². The van der Waals surface area contributed by atoms with Crippen LogP contribution in [0.3, 0.4) is 0 Å². The van der Waals surface area contributed by atoms with Gasteiger partial charge in [0.05, 0.1) is 0 Å². The van der Waals surface area contributed by atoms with E-state index in [2.05, 4.69) is 35.6 Å². The van der Waals surface area contributed by atoms with Crippen molar-refractivity contribution < 1.29 is 4.74 Å². The van der Waals surface area contributed by atoms with Crippen molar-refractivity contribution in [3.8, 4) is 0 Å². The molecular weight excluding hydrogens is 228 g/mol. The van der Waals surface area contributed by atoms with Crippen molar-refractivity contribution in [1.82, 2.24) is 9.97 Å². The van der Waals surface area contributed by atoms with Gasteiger partial charge in [-0.2, -0.15) is 0 Å². The van der Waals surface area contributed by atoms with Gasteiger partial charge < -0.3 is 15.4 Å². The number of nitrogen functional groups attached to an aromatic ring is 1. The van der Waals surface area contributed by atoms with Gasteiger partial charge in [-0.3, -0.25) is 0 Å². The number of hydrogen-bond donors (Lipinski definition) is 1. The number of ether oxygens (including phenoxy) is 1. The van der Waals surface area contributed by atoms with Gasteiger partial charge in [-0.15, -0.1) is 0 Å². The third-order valence-electron chi connectivity index (χ3n) is 2.60. The lowest BCUT2D eigenvalue weighted by Gasteiger charge is -2.27. The zero-order valence-electron chi connectivity index (χ0n) is 11.8. The highest BCUT2D eigenvalue weighted by atomic mass is 16.5. The topological polar surface area (TPSA) is 64.3 Å². The molecule has 0 saturated heterocycles. The maximum atomic E-state index is 5.83. The highest BCUT2D eigenvalue weighted by Gasteiger charge is 2.13. The highest BCUT2D eigenvalue weighted by molar-refractivity contribution is 5.47. The molecule has 0 amide bonds. The van der Waals surface area contributed by atoms with E-state index >= 15 is 0 Å². The number of aromatic nitrogens is 2. The first-order valence-electron chi connectivity index (χ1n) is 6.56. The van der Waals surface area contributed by atoms with Gasteiger partial charge in [0.25, 0.3) is 0 Å². The lowest BCUT2D eigenvalue weighted by molar-refractivity contribution is 0.128. The van der Waals surface area contributed by atoms with Gasteiger partial charge in [0.15, 0.2) is 5.82 Å². The summed E-state index contributed by atoms with van der Waals surface area (Å²) in [6, 6.07) is 2.21. The summed E-state index contributed by atoms with van der Waals surface area (Å²) in [5, 5.41) is 0. The SMILES string of the molecule is CCCN(c1cc(N)nc(COCC)n1)C(C)C. The zero-order chi connectivity index (χ0) is 13.5. The first-order valence-corrected chi connectivity index (χ1v) is 6.56. The van der Waals surface area contributed by atoms with Gasteiger partial charge in [0.2, 0.25) is 0 Å². The van der Waals surface area contributed by atoms with Crippen molar-refractivity contribution in [3.63, 3.8) is 0 Å². The van der Waals surface area contributed by atoms with Crippen molar-refractivity contribution in [2.75, 3.05) is 23.8 Å². The predicted molar refractivity (Wildman–Crippen MR) is 74.5 cm³/mol. The standard InChI is InChI=1S/C13H24N4O/c1-5-7-17(10(3)4)13-8-11(14)15-12(16-13)9-18-6-2/h8,10H,5-7,9H2,1-4H3,(H2,14,15,16). The van der Waals surface area contributed by atoms with Crippen LogP contribution in [0, 0.1) is 0 Å². The van der Waals surface area contributed by atoms with E-state index in [-0.39, 0.29) is 0 Å². The Hall–Kier alpha value is -1.36. The number of hydrogen-bond acceptors (Lipinski definition) is 5. The van der Waals surface area contributed by atoms with Crippen LogP contribution in [0.2, 0.25) is 0 Å². The predicted octanol–water partition coefficient (Wildman–Crippen LogP) is 2.22. The molecule has 0 fully saturated rings. The number of nitrogens with zero attached hydrogens (tertiary/aromatic N) is 3. The summed E-state index contributed by atoms with van der Waals surface area (Å²) in [4.78, 5) is 10.9. The minimum absolute atomic E-state index is 0.388. The molecule has 0 bridgehead atoms. The van der Waals surface area contributed by atoms with E-state index in [1.54, 1.807) is 0 Å².